The minimum atomic E-state index is -2.19. The second-order valence-corrected chi connectivity index (χ2v) is 10.8. The number of anilines is 4. The van der Waals surface area contributed by atoms with Crippen LogP contribution in [0.2, 0.25) is 0 Å². The quantitative estimate of drug-likeness (QED) is 0.0887. The number of carbonyl (C=O) groups excluding carboxylic acids is 1. The number of carbonyl (C=O) groups is 1. The lowest BCUT2D eigenvalue weighted by molar-refractivity contribution is -0.384. The van der Waals surface area contributed by atoms with Gasteiger partial charge in [0.2, 0.25) is 5.82 Å². The molecule has 1 amide bonds. The van der Waals surface area contributed by atoms with Crippen LogP contribution in [-0.2, 0) is 0 Å². The van der Waals surface area contributed by atoms with Crippen LogP contribution in [0, 0.1) is 39.2 Å². The van der Waals surface area contributed by atoms with Crippen molar-refractivity contribution in [2.75, 3.05) is 59.3 Å². The molecular weight excluding hydrogens is 607 g/mol. The number of hydrogen-bond donors (Lipinski definition) is 2. The molecule has 9 nitrogen and oxygen atoms in total. The SMILES string of the molecule is O=C(NC(=S)Nc1ccc(N2CCN(c3c(F)c(F)c(F)c(F)c3F)CC2)cc1)c1ccc(N2CCCCC2)c([N+](=O)[O-])c1. The van der Waals surface area contributed by atoms with Crippen molar-refractivity contribution in [2.45, 2.75) is 19.3 Å². The fraction of sp³-hybridized carbons (Fsp3) is 0.310. The maximum absolute atomic E-state index is 14.2. The Hall–Kier alpha value is -4.53. The van der Waals surface area contributed by atoms with E-state index in [-0.39, 0.29) is 42.5 Å². The first-order valence-electron chi connectivity index (χ1n) is 13.8. The highest BCUT2D eigenvalue weighted by Crippen LogP contribution is 2.33. The highest BCUT2D eigenvalue weighted by atomic mass is 32.1. The molecule has 3 aromatic carbocycles. The van der Waals surface area contributed by atoms with Crippen molar-refractivity contribution in [3.8, 4) is 0 Å². The summed E-state index contributed by atoms with van der Waals surface area (Å²) in [5.41, 5.74) is 0.744. The minimum absolute atomic E-state index is 0.0195. The van der Waals surface area contributed by atoms with Gasteiger partial charge in [0.25, 0.3) is 11.6 Å². The van der Waals surface area contributed by atoms with E-state index in [4.69, 9.17) is 12.2 Å². The lowest BCUT2D eigenvalue weighted by Gasteiger charge is -2.37. The van der Waals surface area contributed by atoms with E-state index in [1.807, 2.05) is 9.80 Å². The van der Waals surface area contributed by atoms with Crippen molar-refractivity contribution >= 4 is 51.7 Å². The Morgan fingerprint density at radius 1 is 0.750 bits per heavy atom. The van der Waals surface area contributed by atoms with Crippen molar-refractivity contribution in [1.29, 1.82) is 0 Å². The van der Waals surface area contributed by atoms with E-state index in [9.17, 15) is 36.9 Å². The number of nitro groups is 1. The summed E-state index contributed by atoms with van der Waals surface area (Å²) in [6.45, 7) is 1.98. The molecule has 0 bridgehead atoms. The molecule has 2 aliphatic rings. The Morgan fingerprint density at radius 3 is 1.91 bits per heavy atom. The standard InChI is InChI=1S/C29H27F5N6O3S/c30-22-23(31)25(33)27(26(34)24(22)32)39-14-12-37(13-15-39)19-7-5-18(6-8-19)35-29(44)36-28(41)17-4-9-20(21(16-17)40(42)43)38-10-2-1-3-11-38/h4-9,16H,1-3,10-15H2,(H2,35,36,41,44). The van der Waals surface area contributed by atoms with Crippen LogP contribution in [0.5, 0.6) is 0 Å². The summed E-state index contributed by atoms with van der Waals surface area (Å²) in [6.07, 6.45) is 2.97. The second kappa shape index (κ2) is 13.0. The number of piperazine rings is 1. The maximum Gasteiger partial charge on any atom is 0.293 e. The summed E-state index contributed by atoms with van der Waals surface area (Å²) in [6, 6.07) is 11.2. The van der Waals surface area contributed by atoms with Gasteiger partial charge in [0.1, 0.15) is 11.4 Å². The zero-order valence-corrected chi connectivity index (χ0v) is 24.0. The smallest absolute Gasteiger partial charge is 0.293 e. The zero-order chi connectivity index (χ0) is 31.5. The second-order valence-electron chi connectivity index (χ2n) is 10.4. The molecule has 2 saturated heterocycles. The predicted molar refractivity (Wildman–Crippen MR) is 160 cm³/mol. The molecule has 0 radical (unpaired) electrons. The summed E-state index contributed by atoms with van der Waals surface area (Å²) >= 11 is 5.25. The van der Waals surface area contributed by atoms with Gasteiger partial charge < -0.3 is 20.0 Å². The van der Waals surface area contributed by atoms with Crippen LogP contribution in [0.25, 0.3) is 0 Å². The monoisotopic (exact) mass is 634 g/mol. The molecule has 0 aliphatic carbocycles. The molecule has 44 heavy (non-hydrogen) atoms. The van der Waals surface area contributed by atoms with E-state index in [1.165, 1.54) is 12.1 Å². The highest BCUT2D eigenvalue weighted by Gasteiger charge is 2.31. The van der Waals surface area contributed by atoms with Gasteiger partial charge in [-0.05, 0) is 67.9 Å². The van der Waals surface area contributed by atoms with Crippen molar-refractivity contribution in [1.82, 2.24) is 5.32 Å². The number of piperidine rings is 1. The normalized spacial score (nSPS) is 15.2. The van der Waals surface area contributed by atoms with E-state index in [2.05, 4.69) is 10.6 Å². The average molecular weight is 635 g/mol. The molecule has 0 atom stereocenters. The van der Waals surface area contributed by atoms with Gasteiger partial charge in [0, 0.05) is 62.3 Å². The summed E-state index contributed by atoms with van der Waals surface area (Å²) in [7, 11) is 0. The number of benzene rings is 3. The molecule has 2 N–H and O–H groups in total. The number of nitrogens with one attached hydrogen (secondary N) is 2. The van der Waals surface area contributed by atoms with Crippen LogP contribution in [0.4, 0.5) is 50.4 Å². The number of thiocarbonyl (C=S) groups is 1. The molecule has 3 aromatic rings. The number of hydrogen-bond acceptors (Lipinski definition) is 7. The number of amides is 1. The summed E-state index contributed by atoms with van der Waals surface area (Å²) in [5.74, 6) is -10.5. The van der Waals surface area contributed by atoms with Gasteiger partial charge >= 0.3 is 0 Å². The third kappa shape index (κ3) is 6.37. The molecule has 15 heteroatoms. The Bertz CT molecular complexity index is 1570. The van der Waals surface area contributed by atoms with E-state index < -0.39 is 45.6 Å². The number of halogens is 5. The van der Waals surface area contributed by atoms with E-state index >= 15 is 0 Å². The van der Waals surface area contributed by atoms with Crippen LogP contribution < -0.4 is 25.3 Å². The van der Waals surface area contributed by atoms with E-state index in [0.717, 1.165) is 29.8 Å². The van der Waals surface area contributed by atoms with E-state index in [0.29, 0.717) is 24.5 Å². The average Bonchev–Trinajstić information content (AvgIpc) is 3.03. The summed E-state index contributed by atoms with van der Waals surface area (Å²) in [4.78, 5) is 29.0. The zero-order valence-electron chi connectivity index (χ0n) is 23.2. The third-order valence-electron chi connectivity index (χ3n) is 7.63. The Kier molecular flexibility index (Phi) is 9.13. The van der Waals surface area contributed by atoms with Gasteiger partial charge in [-0.15, -0.1) is 0 Å². The van der Waals surface area contributed by atoms with Crippen LogP contribution in [0.1, 0.15) is 29.6 Å². The molecule has 0 saturated carbocycles. The first kappa shape index (κ1) is 30.9. The van der Waals surface area contributed by atoms with Gasteiger partial charge in [-0.25, -0.2) is 22.0 Å². The molecule has 2 fully saturated rings. The van der Waals surface area contributed by atoms with Crippen LogP contribution in [0.15, 0.2) is 42.5 Å². The minimum Gasteiger partial charge on any atom is -0.368 e. The van der Waals surface area contributed by atoms with Crippen molar-refractivity contribution in [2.24, 2.45) is 0 Å². The fourth-order valence-corrected chi connectivity index (χ4v) is 5.58. The van der Waals surface area contributed by atoms with Crippen LogP contribution in [-0.4, -0.2) is 55.2 Å². The first-order valence-corrected chi connectivity index (χ1v) is 14.2. The highest BCUT2D eigenvalue weighted by molar-refractivity contribution is 7.80. The van der Waals surface area contributed by atoms with Gasteiger partial charge in [0.15, 0.2) is 28.4 Å². The maximum atomic E-state index is 14.2. The van der Waals surface area contributed by atoms with Crippen molar-refractivity contribution in [3.05, 3.63) is 87.2 Å². The number of rotatable bonds is 6. The summed E-state index contributed by atoms with van der Waals surface area (Å²) < 4.78 is 69.1. The molecule has 0 unspecified atom stereocenters. The molecule has 232 valence electrons. The van der Waals surface area contributed by atoms with Crippen LogP contribution in [0.3, 0.4) is 0 Å². The molecule has 0 aromatic heterocycles. The topological polar surface area (TPSA) is 94.0 Å². The Balaban J connectivity index is 1.17. The molecule has 5 rings (SSSR count). The lowest BCUT2D eigenvalue weighted by atomic mass is 10.1. The predicted octanol–water partition coefficient (Wildman–Crippen LogP) is 5.73. The van der Waals surface area contributed by atoms with Gasteiger partial charge in [-0.2, -0.15) is 0 Å². The number of nitro benzene ring substituents is 1. The van der Waals surface area contributed by atoms with Crippen molar-refractivity contribution in [3.63, 3.8) is 0 Å². The Morgan fingerprint density at radius 2 is 1.32 bits per heavy atom. The largest absolute Gasteiger partial charge is 0.368 e. The lowest BCUT2D eigenvalue weighted by Crippen LogP contribution is -2.47. The fourth-order valence-electron chi connectivity index (χ4n) is 5.37. The molecule has 2 heterocycles. The van der Waals surface area contributed by atoms with Gasteiger partial charge in [-0.3, -0.25) is 20.2 Å². The van der Waals surface area contributed by atoms with Gasteiger partial charge in [-0.1, -0.05) is 0 Å². The number of nitrogens with zero attached hydrogens (tertiary/aromatic N) is 4. The van der Waals surface area contributed by atoms with Crippen molar-refractivity contribution < 1.29 is 31.7 Å². The molecule has 2 aliphatic heterocycles. The molecular formula is C29H27F5N6O3S. The third-order valence-corrected chi connectivity index (χ3v) is 7.84. The van der Waals surface area contributed by atoms with E-state index in [1.54, 1.807) is 30.3 Å². The van der Waals surface area contributed by atoms with Gasteiger partial charge in [0.05, 0.1) is 4.92 Å². The summed E-state index contributed by atoms with van der Waals surface area (Å²) in [5, 5.41) is 17.1. The molecule has 0 spiro atoms. The Labute approximate surface area is 254 Å². The van der Waals surface area contributed by atoms with Crippen LogP contribution >= 0.6 is 12.2 Å². The first-order chi connectivity index (χ1) is 21.0.